The van der Waals surface area contributed by atoms with E-state index in [0.717, 1.165) is 46.9 Å². The van der Waals surface area contributed by atoms with E-state index < -0.39 is 0 Å². The van der Waals surface area contributed by atoms with E-state index in [1.807, 2.05) is 18.2 Å². The van der Waals surface area contributed by atoms with Crippen LogP contribution >= 0.6 is 15.9 Å². The number of rotatable bonds is 3. The number of imide groups is 1. The molecule has 130 valence electrons. The number of benzene rings is 1. The van der Waals surface area contributed by atoms with Crippen molar-refractivity contribution in [2.45, 2.75) is 50.6 Å². The van der Waals surface area contributed by atoms with Gasteiger partial charge in [0, 0.05) is 34.8 Å². The lowest BCUT2D eigenvalue weighted by atomic mass is 9.90. The van der Waals surface area contributed by atoms with E-state index in [9.17, 15) is 9.59 Å². The van der Waals surface area contributed by atoms with Crippen LogP contribution in [0.2, 0.25) is 0 Å². The molecular formula is C19H20BrN3O2. The number of hydrogen-bond donors (Lipinski definition) is 1. The van der Waals surface area contributed by atoms with Gasteiger partial charge < -0.3 is 5.32 Å². The van der Waals surface area contributed by atoms with Crippen molar-refractivity contribution in [2.75, 3.05) is 5.32 Å². The first-order chi connectivity index (χ1) is 12.1. The fraction of sp³-hybridized carbons (Fsp3) is 0.421. The number of nitrogens with one attached hydrogen (secondary N) is 1. The maximum absolute atomic E-state index is 11.9. The molecule has 2 aromatic rings. The number of halogens is 1. The molecule has 0 bridgehead atoms. The molecule has 2 heterocycles. The molecule has 1 aliphatic heterocycles. The number of carbonyl (C=O) groups excluding carboxylic acids is 2. The maximum atomic E-state index is 11.9. The fourth-order valence-corrected chi connectivity index (χ4v) is 4.24. The Kier molecular flexibility index (Phi) is 4.46. The molecule has 4 rings (SSSR count). The first kappa shape index (κ1) is 16.5. The third-order valence-electron chi connectivity index (χ3n) is 5.16. The largest absolute Gasteiger partial charge is 0.367 e. The van der Waals surface area contributed by atoms with Crippen molar-refractivity contribution in [2.24, 2.45) is 0 Å². The molecule has 2 amide bonds. The summed E-state index contributed by atoms with van der Waals surface area (Å²) in [5.41, 5.74) is 0.968. The van der Waals surface area contributed by atoms with Crippen molar-refractivity contribution >= 4 is 44.5 Å². The van der Waals surface area contributed by atoms with Crippen LogP contribution in [0.15, 0.2) is 34.8 Å². The number of hydrogen-bond acceptors (Lipinski definition) is 4. The second-order valence-corrected chi connectivity index (χ2v) is 7.76. The number of likely N-dealkylation sites (tertiary alicyclic amines) is 1. The van der Waals surface area contributed by atoms with Crippen molar-refractivity contribution in [3.05, 3.63) is 34.8 Å². The first-order valence-electron chi connectivity index (χ1n) is 8.78. The molecule has 1 aliphatic carbocycles. The molecular weight excluding hydrogens is 382 g/mol. The lowest BCUT2D eigenvalue weighted by Crippen LogP contribution is -2.43. The molecule has 0 spiro atoms. The summed E-state index contributed by atoms with van der Waals surface area (Å²) >= 11 is 3.48. The Hall–Kier alpha value is -1.95. The number of aromatic nitrogens is 1. The van der Waals surface area contributed by atoms with Crippen molar-refractivity contribution in [3.8, 4) is 0 Å². The monoisotopic (exact) mass is 401 g/mol. The molecule has 2 fully saturated rings. The van der Waals surface area contributed by atoms with Crippen LogP contribution in [-0.4, -0.2) is 33.8 Å². The average Bonchev–Trinajstić information content (AvgIpc) is 2.94. The van der Waals surface area contributed by atoms with Crippen LogP contribution in [-0.2, 0) is 9.59 Å². The number of fused-ring (bicyclic) bond motifs is 1. The number of amides is 2. The minimum atomic E-state index is 0.00349. The van der Waals surface area contributed by atoms with Gasteiger partial charge in [-0.3, -0.25) is 14.5 Å². The molecule has 1 N–H and O–H groups in total. The van der Waals surface area contributed by atoms with Crippen molar-refractivity contribution in [1.29, 1.82) is 0 Å². The minimum Gasteiger partial charge on any atom is -0.367 e. The molecule has 6 heteroatoms. The number of pyridine rings is 1. The molecule has 0 atom stereocenters. The SMILES string of the molecule is O=C1CCC(=O)N1C1CCC(Nc2ccc3cc(Br)ccc3n2)CC1. The van der Waals surface area contributed by atoms with Crippen LogP contribution < -0.4 is 5.32 Å². The van der Waals surface area contributed by atoms with Gasteiger partial charge in [0.05, 0.1) is 5.52 Å². The highest BCUT2D eigenvalue weighted by molar-refractivity contribution is 9.10. The van der Waals surface area contributed by atoms with Gasteiger partial charge in [0.15, 0.2) is 0 Å². The van der Waals surface area contributed by atoms with Crippen LogP contribution in [0.4, 0.5) is 5.82 Å². The zero-order chi connectivity index (χ0) is 17.4. The van der Waals surface area contributed by atoms with Gasteiger partial charge in [0.1, 0.15) is 5.82 Å². The Labute approximate surface area is 154 Å². The Morgan fingerprint density at radius 2 is 1.72 bits per heavy atom. The summed E-state index contributed by atoms with van der Waals surface area (Å²) in [6, 6.07) is 10.6. The molecule has 2 aliphatic rings. The zero-order valence-corrected chi connectivity index (χ0v) is 15.5. The lowest BCUT2D eigenvalue weighted by Gasteiger charge is -2.34. The summed E-state index contributed by atoms with van der Waals surface area (Å²) in [4.78, 5) is 30.0. The predicted octanol–water partition coefficient (Wildman–Crippen LogP) is 3.87. The third kappa shape index (κ3) is 3.40. The van der Waals surface area contributed by atoms with E-state index >= 15 is 0 Å². The van der Waals surface area contributed by atoms with E-state index in [1.165, 1.54) is 4.90 Å². The van der Waals surface area contributed by atoms with Crippen molar-refractivity contribution < 1.29 is 9.59 Å². The molecule has 1 saturated carbocycles. The standard InChI is InChI=1S/C19H20BrN3O2/c20-13-2-7-16-12(11-13)1-8-17(22-16)21-14-3-5-15(6-4-14)23-18(24)9-10-19(23)25/h1-2,7-8,11,14-15H,3-6,9-10H2,(H,21,22). The third-order valence-corrected chi connectivity index (χ3v) is 5.65. The second kappa shape index (κ2) is 6.75. The molecule has 1 saturated heterocycles. The molecule has 25 heavy (non-hydrogen) atoms. The van der Waals surface area contributed by atoms with Crippen LogP contribution in [0.25, 0.3) is 10.9 Å². The summed E-state index contributed by atoms with van der Waals surface area (Å²) in [6.07, 6.45) is 4.40. The van der Waals surface area contributed by atoms with E-state index in [2.05, 4.69) is 38.4 Å². The summed E-state index contributed by atoms with van der Waals surface area (Å²) in [5, 5.41) is 4.62. The van der Waals surface area contributed by atoms with Crippen LogP contribution in [0.5, 0.6) is 0 Å². The highest BCUT2D eigenvalue weighted by Crippen LogP contribution is 2.29. The number of carbonyl (C=O) groups is 2. The van der Waals surface area contributed by atoms with E-state index in [0.29, 0.717) is 18.9 Å². The minimum absolute atomic E-state index is 0.00349. The van der Waals surface area contributed by atoms with Gasteiger partial charge in [-0.2, -0.15) is 0 Å². The normalized spacial score (nSPS) is 24.1. The summed E-state index contributed by atoms with van der Waals surface area (Å²) in [5.74, 6) is 0.888. The van der Waals surface area contributed by atoms with Crippen LogP contribution in [0, 0.1) is 0 Å². The van der Waals surface area contributed by atoms with E-state index in [4.69, 9.17) is 0 Å². The van der Waals surface area contributed by atoms with Gasteiger partial charge in [0.2, 0.25) is 11.8 Å². The highest BCUT2D eigenvalue weighted by Gasteiger charge is 2.36. The topological polar surface area (TPSA) is 62.3 Å². The van der Waals surface area contributed by atoms with Crippen LogP contribution in [0.3, 0.4) is 0 Å². The van der Waals surface area contributed by atoms with Crippen molar-refractivity contribution in [1.82, 2.24) is 9.88 Å². The Morgan fingerprint density at radius 1 is 1.00 bits per heavy atom. The predicted molar refractivity (Wildman–Crippen MR) is 100 cm³/mol. The van der Waals surface area contributed by atoms with E-state index in [-0.39, 0.29) is 17.9 Å². The number of anilines is 1. The zero-order valence-electron chi connectivity index (χ0n) is 13.9. The number of nitrogens with zero attached hydrogens (tertiary/aromatic N) is 2. The Balaban J connectivity index is 1.39. The summed E-state index contributed by atoms with van der Waals surface area (Å²) in [7, 11) is 0. The molecule has 0 unspecified atom stereocenters. The molecule has 5 nitrogen and oxygen atoms in total. The maximum Gasteiger partial charge on any atom is 0.229 e. The van der Waals surface area contributed by atoms with Gasteiger partial charge >= 0.3 is 0 Å². The van der Waals surface area contributed by atoms with E-state index in [1.54, 1.807) is 0 Å². The fourth-order valence-electron chi connectivity index (χ4n) is 3.87. The summed E-state index contributed by atoms with van der Waals surface area (Å²) < 4.78 is 1.05. The van der Waals surface area contributed by atoms with Gasteiger partial charge in [-0.1, -0.05) is 15.9 Å². The Bertz CT molecular complexity index is 815. The quantitative estimate of drug-likeness (QED) is 0.792. The van der Waals surface area contributed by atoms with Gasteiger partial charge in [-0.05, 0) is 56.0 Å². The molecule has 1 aromatic carbocycles. The molecule has 1 aromatic heterocycles. The smallest absolute Gasteiger partial charge is 0.229 e. The summed E-state index contributed by atoms with van der Waals surface area (Å²) in [6.45, 7) is 0. The van der Waals surface area contributed by atoms with Crippen molar-refractivity contribution in [3.63, 3.8) is 0 Å². The van der Waals surface area contributed by atoms with Gasteiger partial charge in [-0.15, -0.1) is 0 Å². The molecule has 0 radical (unpaired) electrons. The second-order valence-electron chi connectivity index (χ2n) is 6.84. The van der Waals surface area contributed by atoms with Crippen LogP contribution in [0.1, 0.15) is 38.5 Å². The average molecular weight is 402 g/mol. The lowest BCUT2D eigenvalue weighted by molar-refractivity contribution is -0.141. The first-order valence-corrected chi connectivity index (χ1v) is 9.57. The van der Waals surface area contributed by atoms with Gasteiger partial charge in [0.25, 0.3) is 0 Å². The van der Waals surface area contributed by atoms with Gasteiger partial charge in [-0.25, -0.2) is 4.98 Å². The Morgan fingerprint density at radius 3 is 2.44 bits per heavy atom. The highest BCUT2D eigenvalue weighted by atomic mass is 79.9.